The minimum absolute atomic E-state index is 0.000638. The van der Waals surface area contributed by atoms with Gasteiger partial charge in [0.2, 0.25) is 11.8 Å². The Hall–Kier alpha value is -3.27. The molecule has 3 rings (SSSR count). The molecule has 150 valence electrons. The summed E-state index contributed by atoms with van der Waals surface area (Å²) in [4.78, 5) is 7.38. The maximum Gasteiger partial charge on any atom is 0.433 e. The number of hydrogen-bond acceptors (Lipinski definition) is 4. The monoisotopic (exact) mass is 422 g/mol. The van der Waals surface area contributed by atoms with E-state index in [4.69, 9.17) is 17.0 Å². The molecule has 1 heterocycles. The minimum atomic E-state index is -4.70. The third-order valence-electron chi connectivity index (χ3n) is 3.55. The van der Waals surface area contributed by atoms with Crippen LogP contribution in [0.15, 0.2) is 60.7 Å². The number of para-hydroxylation sites is 1. The number of thiocarbonyl (C=S) groups is 1. The highest BCUT2D eigenvalue weighted by atomic mass is 32.1. The zero-order valence-electron chi connectivity index (χ0n) is 14.7. The predicted molar refractivity (Wildman–Crippen MR) is 103 cm³/mol. The maximum absolute atomic E-state index is 13.2. The van der Waals surface area contributed by atoms with E-state index < -0.39 is 11.9 Å². The number of benzene rings is 2. The molecule has 0 saturated carbocycles. The van der Waals surface area contributed by atoms with Crippen LogP contribution in [0.5, 0.6) is 11.6 Å². The first kappa shape index (κ1) is 20.5. The molecule has 0 aliphatic rings. The van der Waals surface area contributed by atoms with Gasteiger partial charge in [-0.3, -0.25) is 0 Å². The smallest absolute Gasteiger partial charge is 0.433 e. The van der Waals surface area contributed by atoms with Crippen molar-refractivity contribution < 1.29 is 22.3 Å². The molecule has 0 bridgehead atoms. The zero-order valence-corrected chi connectivity index (χ0v) is 15.5. The van der Waals surface area contributed by atoms with E-state index in [0.29, 0.717) is 11.8 Å². The number of halogens is 4. The van der Waals surface area contributed by atoms with E-state index in [1.54, 1.807) is 42.5 Å². The van der Waals surface area contributed by atoms with Gasteiger partial charge in [-0.25, -0.2) is 9.37 Å². The van der Waals surface area contributed by atoms with E-state index in [2.05, 4.69) is 20.6 Å². The topological polar surface area (TPSA) is 59.1 Å². The SMILES string of the molecule is Fc1ccc(CNC(=S)Nc2nc(Oc3ccccc3)cc(C(F)(F)F)n2)cc1. The second-order valence-corrected chi connectivity index (χ2v) is 6.17. The number of nitrogens with one attached hydrogen (secondary N) is 2. The minimum Gasteiger partial charge on any atom is -0.439 e. The molecule has 3 aromatic rings. The summed E-state index contributed by atoms with van der Waals surface area (Å²) in [6, 6.07) is 14.6. The summed E-state index contributed by atoms with van der Waals surface area (Å²) in [6.45, 7) is 0.235. The van der Waals surface area contributed by atoms with Crippen molar-refractivity contribution in [1.82, 2.24) is 15.3 Å². The number of alkyl halides is 3. The lowest BCUT2D eigenvalue weighted by Gasteiger charge is -2.13. The second kappa shape index (κ2) is 8.82. The van der Waals surface area contributed by atoms with Crippen molar-refractivity contribution in [2.24, 2.45) is 0 Å². The number of nitrogens with zero attached hydrogens (tertiary/aromatic N) is 2. The van der Waals surface area contributed by atoms with Crippen LogP contribution in [0.1, 0.15) is 11.3 Å². The summed E-state index contributed by atoms with van der Waals surface area (Å²) in [7, 11) is 0. The van der Waals surface area contributed by atoms with Gasteiger partial charge in [-0.15, -0.1) is 0 Å². The van der Waals surface area contributed by atoms with E-state index in [1.165, 1.54) is 12.1 Å². The highest BCUT2D eigenvalue weighted by molar-refractivity contribution is 7.80. The van der Waals surface area contributed by atoms with Crippen LogP contribution in [-0.4, -0.2) is 15.1 Å². The Balaban J connectivity index is 1.73. The van der Waals surface area contributed by atoms with Crippen LogP contribution in [0.25, 0.3) is 0 Å². The first-order valence-electron chi connectivity index (χ1n) is 8.28. The molecule has 0 atom stereocenters. The third kappa shape index (κ3) is 6.11. The molecule has 0 aliphatic carbocycles. The Kier molecular flexibility index (Phi) is 6.23. The van der Waals surface area contributed by atoms with E-state index in [-0.39, 0.29) is 29.3 Å². The molecule has 10 heteroatoms. The van der Waals surface area contributed by atoms with Crippen molar-refractivity contribution >= 4 is 23.3 Å². The predicted octanol–water partition coefficient (Wildman–Crippen LogP) is 4.91. The third-order valence-corrected chi connectivity index (χ3v) is 3.80. The lowest BCUT2D eigenvalue weighted by atomic mass is 10.2. The lowest BCUT2D eigenvalue weighted by Crippen LogP contribution is -2.29. The summed E-state index contributed by atoms with van der Waals surface area (Å²) >= 11 is 5.07. The fraction of sp³-hybridized carbons (Fsp3) is 0.105. The van der Waals surface area contributed by atoms with Crippen LogP contribution < -0.4 is 15.4 Å². The second-order valence-electron chi connectivity index (χ2n) is 5.76. The highest BCUT2D eigenvalue weighted by Gasteiger charge is 2.34. The quantitative estimate of drug-likeness (QED) is 0.450. The molecular weight excluding hydrogens is 408 g/mol. The van der Waals surface area contributed by atoms with Crippen LogP contribution in [0.3, 0.4) is 0 Å². The largest absolute Gasteiger partial charge is 0.439 e. The Morgan fingerprint density at radius 1 is 1.00 bits per heavy atom. The molecule has 0 saturated heterocycles. The molecule has 2 N–H and O–H groups in total. The number of anilines is 1. The molecule has 2 aromatic carbocycles. The fourth-order valence-electron chi connectivity index (χ4n) is 2.22. The van der Waals surface area contributed by atoms with Crippen LogP contribution >= 0.6 is 12.2 Å². The molecule has 0 radical (unpaired) electrons. The zero-order chi connectivity index (χ0) is 20.9. The van der Waals surface area contributed by atoms with Crippen LogP contribution in [0.4, 0.5) is 23.5 Å². The van der Waals surface area contributed by atoms with Gasteiger partial charge in [0.25, 0.3) is 0 Å². The van der Waals surface area contributed by atoms with Crippen molar-refractivity contribution in [2.75, 3.05) is 5.32 Å². The number of rotatable bonds is 5. The average molecular weight is 422 g/mol. The van der Waals surface area contributed by atoms with Gasteiger partial charge in [0.15, 0.2) is 10.8 Å². The summed E-state index contributed by atoms with van der Waals surface area (Å²) in [5.41, 5.74) is -0.448. The number of ether oxygens (including phenoxy) is 1. The normalized spacial score (nSPS) is 11.0. The number of hydrogen-bond donors (Lipinski definition) is 2. The molecule has 0 amide bonds. The Morgan fingerprint density at radius 2 is 1.69 bits per heavy atom. The lowest BCUT2D eigenvalue weighted by molar-refractivity contribution is -0.141. The van der Waals surface area contributed by atoms with E-state index in [0.717, 1.165) is 5.56 Å². The van der Waals surface area contributed by atoms with Crippen LogP contribution in [0, 0.1) is 5.82 Å². The molecule has 0 spiro atoms. The van der Waals surface area contributed by atoms with E-state index in [1.807, 2.05) is 0 Å². The van der Waals surface area contributed by atoms with Crippen LogP contribution in [0.2, 0.25) is 0 Å². The summed E-state index contributed by atoms with van der Waals surface area (Å²) in [5, 5.41) is 5.30. The first-order valence-corrected chi connectivity index (χ1v) is 8.69. The maximum atomic E-state index is 13.2. The Bertz CT molecular complexity index is 982. The molecule has 5 nitrogen and oxygen atoms in total. The summed E-state index contributed by atoms with van der Waals surface area (Å²) in [5.74, 6) is -0.718. The van der Waals surface area contributed by atoms with Gasteiger partial charge in [-0.1, -0.05) is 30.3 Å². The van der Waals surface area contributed by atoms with Crippen molar-refractivity contribution in [2.45, 2.75) is 12.7 Å². The van der Waals surface area contributed by atoms with Gasteiger partial charge in [-0.05, 0) is 42.0 Å². The molecule has 1 aromatic heterocycles. The molecule has 0 aliphatic heterocycles. The summed E-state index contributed by atoms with van der Waals surface area (Å²) in [6.07, 6.45) is -4.70. The van der Waals surface area contributed by atoms with E-state index in [9.17, 15) is 17.6 Å². The van der Waals surface area contributed by atoms with E-state index >= 15 is 0 Å². The van der Waals surface area contributed by atoms with Crippen molar-refractivity contribution in [3.8, 4) is 11.6 Å². The van der Waals surface area contributed by atoms with Gasteiger partial charge in [0, 0.05) is 12.6 Å². The number of aromatic nitrogens is 2. The molecular formula is C19H14F4N4OS. The van der Waals surface area contributed by atoms with Gasteiger partial charge in [-0.2, -0.15) is 18.2 Å². The van der Waals surface area contributed by atoms with Crippen molar-refractivity contribution in [3.63, 3.8) is 0 Å². The Morgan fingerprint density at radius 3 is 2.34 bits per heavy atom. The van der Waals surface area contributed by atoms with Gasteiger partial charge < -0.3 is 15.4 Å². The van der Waals surface area contributed by atoms with Crippen LogP contribution in [-0.2, 0) is 12.7 Å². The van der Waals surface area contributed by atoms with Crippen molar-refractivity contribution in [3.05, 3.63) is 77.7 Å². The highest BCUT2D eigenvalue weighted by Crippen LogP contribution is 2.31. The first-order chi connectivity index (χ1) is 13.8. The molecule has 29 heavy (non-hydrogen) atoms. The summed E-state index contributed by atoms with van der Waals surface area (Å²) < 4.78 is 57.8. The Labute approximate surface area is 168 Å². The fourth-order valence-corrected chi connectivity index (χ4v) is 2.38. The molecule has 0 unspecified atom stereocenters. The van der Waals surface area contributed by atoms with Crippen molar-refractivity contribution in [1.29, 1.82) is 0 Å². The van der Waals surface area contributed by atoms with Gasteiger partial charge in [0.05, 0.1) is 0 Å². The molecule has 0 fully saturated rings. The van der Waals surface area contributed by atoms with Gasteiger partial charge in [0.1, 0.15) is 11.6 Å². The van der Waals surface area contributed by atoms with Gasteiger partial charge >= 0.3 is 6.18 Å². The average Bonchev–Trinajstić information content (AvgIpc) is 2.67. The standard InChI is InChI=1S/C19H14F4N4OS/c20-13-8-6-12(7-9-13)11-24-18(29)27-17-25-15(19(21,22)23)10-16(26-17)28-14-4-2-1-3-5-14/h1-10H,11H2,(H2,24,25,26,27,29).